The Bertz CT molecular complexity index is 362. The molecular weight excluding hydrogens is 242 g/mol. The summed E-state index contributed by atoms with van der Waals surface area (Å²) in [6, 6.07) is 0.496. The number of hydrogen-bond donors (Lipinski definition) is 1. The van der Waals surface area contributed by atoms with Gasteiger partial charge >= 0.3 is 0 Å². The van der Waals surface area contributed by atoms with E-state index >= 15 is 0 Å². The molecule has 2 saturated heterocycles. The van der Waals surface area contributed by atoms with Crippen LogP contribution in [0.15, 0.2) is 0 Å². The number of piperidine rings is 1. The first-order chi connectivity index (χ1) is 9.24. The molecule has 5 heteroatoms. The molecule has 5 nitrogen and oxygen atoms in total. The Labute approximate surface area is 114 Å². The van der Waals surface area contributed by atoms with Crippen molar-refractivity contribution in [1.82, 2.24) is 15.1 Å². The minimum absolute atomic E-state index is 0.0485. The molecule has 2 amide bonds. The summed E-state index contributed by atoms with van der Waals surface area (Å²) < 4.78 is 0. The van der Waals surface area contributed by atoms with Gasteiger partial charge in [-0.05, 0) is 38.5 Å². The molecule has 1 saturated carbocycles. The van der Waals surface area contributed by atoms with Crippen molar-refractivity contribution >= 4 is 11.8 Å². The van der Waals surface area contributed by atoms with Crippen molar-refractivity contribution in [3.63, 3.8) is 0 Å². The molecule has 3 fully saturated rings. The monoisotopic (exact) mass is 265 g/mol. The van der Waals surface area contributed by atoms with E-state index in [9.17, 15) is 9.59 Å². The van der Waals surface area contributed by atoms with Crippen LogP contribution in [-0.2, 0) is 9.59 Å². The predicted molar refractivity (Wildman–Crippen MR) is 71.6 cm³/mol. The largest absolute Gasteiger partial charge is 0.341 e. The lowest BCUT2D eigenvalue weighted by Crippen LogP contribution is -2.53. The van der Waals surface area contributed by atoms with Gasteiger partial charge in [0.15, 0.2) is 0 Å². The fourth-order valence-electron chi connectivity index (χ4n) is 3.02. The molecule has 0 bridgehead atoms. The minimum atomic E-state index is -0.0485. The fourth-order valence-corrected chi connectivity index (χ4v) is 3.02. The van der Waals surface area contributed by atoms with Crippen molar-refractivity contribution < 1.29 is 9.59 Å². The van der Waals surface area contributed by atoms with Crippen molar-refractivity contribution in [2.75, 3.05) is 26.2 Å². The van der Waals surface area contributed by atoms with Gasteiger partial charge in [0.25, 0.3) is 0 Å². The normalized spacial score (nSPS) is 28.0. The Morgan fingerprint density at radius 3 is 2.53 bits per heavy atom. The number of hydrogen-bond acceptors (Lipinski definition) is 3. The molecule has 1 aliphatic carbocycles. The Balaban J connectivity index is 1.53. The van der Waals surface area contributed by atoms with E-state index in [2.05, 4.69) is 5.32 Å². The maximum Gasteiger partial charge on any atom is 0.242 e. The van der Waals surface area contributed by atoms with E-state index < -0.39 is 0 Å². The highest BCUT2D eigenvalue weighted by Crippen LogP contribution is 2.22. The van der Waals surface area contributed by atoms with Gasteiger partial charge in [-0.25, -0.2) is 0 Å². The lowest BCUT2D eigenvalue weighted by atomic mass is 10.0. The minimum Gasteiger partial charge on any atom is -0.341 e. The van der Waals surface area contributed by atoms with Gasteiger partial charge in [-0.1, -0.05) is 0 Å². The predicted octanol–water partition coefficient (Wildman–Crippen LogP) is 0.352. The number of rotatable bonds is 4. The second-order valence-corrected chi connectivity index (χ2v) is 5.98. The molecule has 19 heavy (non-hydrogen) atoms. The first-order valence-corrected chi connectivity index (χ1v) is 7.56. The van der Waals surface area contributed by atoms with Crippen LogP contribution in [-0.4, -0.2) is 59.9 Å². The molecule has 0 spiro atoms. The summed E-state index contributed by atoms with van der Waals surface area (Å²) in [6.07, 6.45) is 6.51. The molecule has 0 aromatic heterocycles. The van der Waals surface area contributed by atoms with Gasteiger partial charge < -0.3 is 15.1 Å². The van der Waals surface area contributed by atoms with Crippen LogP contribution in [0.1, 0.15) is 38.5 Å². The average molecular weight is 265 g/mol. The molecule has 0 aromatic carbocycles. The quantitative estimate of drug-likeness (QED) is 0.798. The highest BCUT2D eigenvalue weighted by molar-refractivity contribution is 5.88. The molecule has 3 rings (SSSR count). The lowest BCUT2D eigenvalue weighted by Gasteiger charge is -2.33. The van der Waals surface area contributed by atoms with Gasteiger partial charge in [0, 0.05) is 25.7 Å². The van der Waals surface area contributed by atoms with Gasteiger partial charge in [-0.2, -0.15) is 0 Å². The molecule has 1 N–H and O–H groups in total. The zero-order valence-corrected chi connectivity index (χ0v) is 11.4. The van der Waals surface area contributed by atoms with Crippen molar-refractivity contribution in [3.8, 4) is 0 Å². The van der Waals surface area contributed by atoms with E-state index in [0.717, 1.165) is 45.3 Å². The molecule has 106 valence electrons. The van der Waals surface area contributed by atoms with E-state index in [1.807, 2.05) is 4.90 Å². The van der Waals surface area contributed by atoms with Gasteiger partial charge in [0.1, 0.15) is 0 Å². The van der Waals surface area contributed by atoms with Crippen LogP contribution in [0.3, 0.4) is 0 Å². The SMILES string of the molecule is O=C(CN1CCCC(NC2CC2)C1=O)N1CCCC1. The molecule has 2 aliphatic heterocycles. The second kappa shape index (κ2) is 5.49. The number of nitrogens with zero attached hydrogens (tertiary/aromatic N) is 2. The third-order valence-corrected chi connectivity index (χ3v) is 4.33. The Hall–Kier alpha value is -1.10. The zero-order chi connectivity index (χ0) is 13.2. The molecule has 3 aliphatic rings. The number of carbonyl (C=O) groups is 2. The molecular formula is C14H23N3O2. The molecule has 0 radical (unpaired) electrons. The zero-order valence-electron chi connectivity index (χ0n) is 11.4. The summed E-state index contributed by atoms with van der Waals surface area (Å²) in [5.74, 6) is 0.253. The highest BCUT2D eigenvalue weighted by Gasteiger charge is 2.34. The van der Waals surface area contributed by atoms with E-state index in [1.54, 1.807) is 4.90 Å². The lowest BCUT2D eigenvalue weighted by molar-refractivity contribution is -0.143. The molecule has 0 aromatic rings. The maximum absolute atomic E-state index is 12.3. The highest BCUT2D eigenvalue weighted by atomic mass is 16.2. The first kappa shape index (κ1) is 12.9. The Morgan fingerprint density at radius 1 is 1.11 bits per heavy atom. The van der Waals surface area contributed by atoms with E-state index in [1.165, 1.54) is 12.8 Å². The summed E-state index contributed by atoms with van der Waals surface area (Å²) >= 11 is 0. The number of likely N-dealkylation sites (tertiary alicyclic amines) is 2. The van der Waals surface area contributed by atoms with Crippen molar-refractivity contribution in [2.45, 2.75) is 50.6 Å². The summed E-state index contributed by atoms with van der Waals surface area (Å²) in [6.45, 7) is 2.75. The van der Waals surface area contributed by atoms with Crippen molar-refractivity contribution in [3.05, 3.63) is 0 Å². The van der Waals surface area contributed by atoms with E-state index in [4.69, 9.17) is 0 Å². The van der Waals surface area contributed by atoms with Crippen LogP contribution in [0.5, 0.6) is 0 Å². The van der Waals surface area contributed by atoms with Gasteiger partial charge in [0.2, 0.25) is 11.8 Å². The first-order valence-electron chi connectivity index (χ1n) is 7.56. The number of amides is 2. The number of carbonyl (C=O) groups excluding carboxylic acids is 2. The standard InChI is InChI=1S/C14H23N3O2/c18-13(16-7-1-2-8-16)10-17-9-3-4-12(14(17)19)15-11-5-6-11/h11-12,15H,1-10H2. The van der Waals surface area contributed by atoms with Crippen molar-refractivity contribution in [2.24, 2.45) is 0 Å². The van der Waals surface area contributed by atoms with E-state index in [-0.39, 0.29) is 24.4 Å². The van der Waals surface area contributed by atoms with Gasteiger partial charge in [-0.3, -0.25) is 9.59 Å². The molecule has 1 atom stereocenters. The molecule has 2 heterocycles. The number of nitrogens with one attached hydrogen (secondary N) is 1. The Morgan fingerprint density at radius 2 is 1.84 bits per heavy atom. The average Bonchev–Trinajstić information content (AvgIpc) is 3.05. The van der Waals surface area contributed by atoms with Crippen LogP contribution < -0.4 is 5.32 Å². The second-order valence-electron chi connectivity index (χ2n) is 5.98. The van der Waals surface area contributed by atoms with Crippen LogP contribution in [0.4, 0.5) is 0 Å². The van der Waals surface area contributed by atoms with Crippen LogP contribution in [0, 0.1) is 0 Å². The molecule has 1 unspecified atom stereocenters. The smallest absolute Gasteiger partial charge is 0.242 e. The van der Waals surface area contributed by atoms with Gasteiger partial charge in [0.05, 0.1) is 12.6 Å². The summed E-state index contributed by atoms with van der Waals surface area (Å²) in [7, 11) is 0. The van der Waals surface area contributed by atoms with Gasteiger partial charge in [-0.15, -0.1) is 0 Å². The van der Waals surface area contributed by atoms with Crippen LogP contribution in [0.2, 0.25) is 0 Å². The fraction of sp³-hybridized carbons (Fsp3) is 0.857. The van der Waals surface area contributed by atoms with Crippen molar-refractivity contribution in [1.29, 1.82) is 0 Å². The van der Waals surface area contributed by atoms with E-state index in [0.29, 0.717) is 6.04 Å². The maximum atomic E-state index is 12.3. The van der Waals surface area contributed by atoms with Crippen LogP contribution >= 0.6 is 0 Å². The summed E-state index contributed by atoms with van der Waals surface area (Å²) in [4.78, 5) is 28.1. The third-order valence-electron chi connectivity index (χ3n) is 4.33. The summed E-state index contributed by atoms with van der Waals surface area (Å²) in [5.41, 5.74) is 0. The Kier molecular flexibility index (Phi) is 3.73. The summed E-state index contributed by atoms with van der Waals surface area (Å²) in [5, 5.41) is 3.40. The van der Waals surface area contributed by atoms with Crippen LogP contribution in [0.25, 0.3) is 0 Å². The topological polar surface area (TPSA) is 52.7 Å². The third kappa shape index (κ3) is 3.08.